The van der Waals surface area contributed by atoms with Gasteiger partial charge in [0.15, 0.2) is 0 Å². The number of esters is 1. The Labute approximate surface area is 259 Å². The molecule has 14 nitrogen and oxygen atoms in total. The Bertz CT molecular complexity index is 1390. The molecule has 43 heavy (non-hydrogen) atoms. The summed E-state index contributed by atoms with van der Waals surface area (Å²) in [7, 11) is 0. The van der Waals surface area contributed by atoms with Gasteiger partial charge in [0.25, 0.3) is 5.91 Å². The van der Waals surface area contributed by atoms with Gasteiger partial charge in [-0.05, 0) is 5.57 Å². The fourth-order valence-electron chi connectivity index (χ4n) is 5.01. The number of carbonyl (C=O) groups excluding carboxylic acids is 5. The van der Waals surface area contributed by atoms with Crippen LogP contribution in [0.15, 0.2) is 39.7 Å². The molecule has 3 unspecified atom stereocenters. The number of urea groups is 2. The van der Waals surface area contributed by atoms with Crippen molar-refractivity contribution in [2.24, 2.45) is 4.99 Å². The van der Waals surface area contributed by atoms with Crippen molar-refractivity contribution in [3.8, 4) is 0 Å². The summed E-state index contributed by atoms with van der Waals surface area (Å²) < 4.78 is 4.88. The number of allylic oxidation sites excluding steroid dienone is 3. The molecular formula is C26H30N6O8S3. The van der Waals surface area contributed by atoms with Crippen molar-refractivity contribution in [2.75, 3.05) is 31.2 Å². The zero-order chi connectivity index (χ0) is 30.8. The second kappa shape index (κ2) is 13.1. The average Bonchev–Trinajstić information content (AvgIpc) is 3.58. The fraction of sp³-hybridized carbons (Fsp3) is 0.500. The van der Waals surface area contributed by atoms with Gasteiger partial charge in [-0.15, -0.1) is 35.3 Å². The summed E-state index contributed by atoms with van der Waals surface area (Å²) in [5.41, 5.74) is 1.45. The lowest BCUT2D eigenvalue weighted by Crippen LogP contribution is -2.70. The van der Waals surface area contributed by atoms with Crippen molar-refractivity contribution in [3.63, 3.8) is 0 Å². The van der Waals surface area contributed by atoms with Crippen molar-refractivity contribution >= 4 is 76.8 Å². The lowest BCUT2D eigenvalue weighted by Gasteiger charge is -2.49. The Hall–Kier alpha value is -3.44. The van der Waals surface area contributed by atoms with Crippen molar-refractivity contribution in [1.29, 1.82) is 0 Å². The minimum atomic E-state index is -1.32. The number of fused-ring (bicyclic) bond motifs is 1. The first-order valence-corrected chi connectivity index (χ1v) is 16.5. The molecular weight excluding hydrogens is 621 g/mol. The number of nitrogens with zero attached hydrogens (tertiary/aromatic N) is 3. The highest BCUT2D eigenvalue weighted by Gasteiger charge is 2.54. The molecule has 0 spiro atoms. The van der Waals surface area contributed by atoms with Gasteiger partial charge in [-0.3, -0.25) is 24.3 Å². The number of carbonyl (C=O) groups is 6. The van der Waals surface area contributed by atoms with Crippen LogP contribution in [0.4, 0.5) is 9.59 Å². The van der Waals surface area contributed by atoms with Gasteiger partial charge in [-0.25, -0.2) is 19.3 Å². The topological polar surface area (TPSA) is 187 Å². The maximum absolute atomic E-state index is 13.2. The van der Waals surface area contributed by atoms with Crippen LogP contribution in [0.2, 0.25) is 0 Å². The monoisotopic (exact) mass is 650 g/mol. The SMILES string of the molecule is CC(=O)OCC1=C(C(=O)O)N2C(=O)C(NC(=O)CC3=C(NC(=O)N4CCNC4=O)C(=NC4SCC(C)S4)CC=C3)[C@@H]2SC1. The summed E-state index contributed by atoms with van der Waals surface area (Å²) in [6, 6.07) is -2.10. The van der Waals surface area contributed by atoms with E-state index in [9.17, 15) is 33.9 Å². The molecule has 6 amide bonds. The molecule has 0 saturated carbocycles. The van der Waals surface area contributed by atoms with Crippen LogP contribution >= 0.6 is 35.3 Å². The Balaban J connectivity index is 1.32. The van der Waals surface area contributed by atoms with Gasteiger partial charge in [-0.2, -0.15) is 0 Å². The van der Waals surface area contributed by atoms with Crippen LogP contribution in [0.1, 0.15) is 26.7 Å². The quantitative estimate of drug-likeness (QED) is 0.219. The number of β-lactam (4-membered cyclic amide) rings is 1. The summed E-state index contributed by atoms with van der Waals surface area (Å²) in [5, 5.41) is 17.6. The largest absolute Gasteiger partial charge is 0.477 e. The number of hydrogen-bond donors (Lipinski definition) is 4. The van der Waals surface area contributed by atoms with E-state index in [2.05, 4.69) is 22.9 Å². The smallest absolute Gasteiger partial charge is 0.352 e. The third kappa shape index (κ3) is 6.72. The first kappa shape index (κ1) is 31.0. The molecule has 5 aliphatic rings. The molecule has 230 valence electrons. The van der Waals surface area contributed by atoms with E-state index in [-0.39, 0.29) is 35.7 Å². The number of hydrogen-bond acceptors (Lipinski definition) is 11. The maximum atomic E-state index is 13.2. The first-order valence-electron chi connectivity index (χ1n) is 13.5. The predicted molar refractivity (Wildman–Crippen MR) is 161 cm³/mol. The highest BCUT2D eigenvalue weighted by molar-refractivity contribution is 8.20. The molecule has 0 aromatic rings. The predicted octanol–water partition coefficient (Wildman–Crippen LogP) is 1.22. The van der Waals surface area contributed by atoms with Crippen LogP contribution in [0.5, 0.6) is 0 Å². The molecule has 4 N–H and O–H groups in total. The Morgan fingerprint density at radius 2 is 2.02 bits per heavy atom. The standard InChI is InChI=1S/C26H30N6O8S3/c1-12-10-42-26(43-12)28-16-5-3-4-14(18(16)30-25(39)31-7-6-27-24(31)38)8-17(34)29-19-21(35)32-20(23(36)37)15(9-40-13(2)33)11-41-22(19)32/h3-4,12,19,22,26H,5-11H2,1-2H3,(H,27,38)(H,29,34)(H,30,39)(H,36,37)/t12?,19?,22-,26?/m0/s1. The number of carboxylic acid groups (broad SMARTS) is 1. The molecule has 4 heterocycles. The average molecular weight is 651 g/mol. The minimum absolute atomic E-state index is 0.0716. The molecule has 4 atom stereocenters. The molecule has 17 heteroatoms. The van der Waals surface area contributed by atoms with Gasteiger partial charge in [0.05, 0.1) is 17.8 Å². The van der Waals surface area contributed by atoms with E-state index < -0.39 is 47.2 Å². The molecule has 1 aliphatic carbocycles. The Morgan fingerprint density at radius 1 is 1.23 bits per heavy atom. The first-order chi connectivity index (χ1) is 20.5. The van der Waals surface area contributed by atoms with Crippen molar-refractivity contribution in [3.05, 3.63) is 34.7 Å². The third-order valence-corrected chi connectivity index (χ3v) is 11.4. The van der Waals surface area contributed by atoms with Crippen LogP contribution < -0.4 is 16.0 Å². The number of thioether (sulfide) groups is 3. The zero-order valence-corrected chi connectivity index (χ0v) is 25.7. The van der Waals surface area contributed by atoms with Gasteiger partial charge < -0.3 is 25.8 Å². The van der Waals surface area contributed by atoms with E-state index in [1.807, 2.05) is 6.08 Å². The summed E-state index contributed by atoms with van der Waals surface area (Å²) in [5.74, 6) is -1.84. The number of rotatable bonds is 8. The van der Waals surface area contributed by atoms with Gasteiger partial charge in [-0.1, -0.05) is 19.1 Å². The second-order valence-electron chi connectivity index (χ2n) is 10.2. The highest BCUT2D eigenvalue weighted by atomic mass is 32.2. The van der Waals surface area contributed by atoms with Crippen molar-refractivity contribution < 1.29 is 38.6 Å². The number of ether oxygens (including phenoxy) is 1. The van der Waals surface area contributed by atoms with Gasteiger partial charge in [0, 0.05) is 48.8 Å². The van der Waals surface area contributed by atoms with E-state index in [1.54, 1.807) is 29.6 Å². The summed E-state index contributed by atoms with van der Waals surface area (Å²) >= 11 is 4.66. The number of amides is 6. The van der Waals surface area contributed by atoms with Crippen molar-refractivity contribution in [2.45, 2.75) is 48.1 Å². The molecule has 0 aromatic carbocycles. The van der Waals surface area contributed by atoms with Crippen LogP contribution in [-0.2, 0) is 23.9 Å². The normalized spacial score (nSPS) is 27.6. The minimum Gasteiger partial charge on any atom is -0.477 e. The van der Waals surface area contributed by atoms with Crippen LogP contribution in [-0.4, -0.2) is 109 Å². The molecule has 0 bridgehead atoms. The fourth-order valence-corrected chi connectivity index (χ4v) is 9.23. The molecule has 0 radical (unpaired) electrons. The van der Waals surface area contributed by atoms with Crippen LogP contribution in [0.25, 0.3) is 0 Å². The molecule has 5 rings (SSSR count). The number of carboxylic acids is 1. The van der Waals surface area contributed by atoms with Gasteiger partial charge in [0.2, 0.25) is 5.91 Å². The van der Waals surface area contributed by atoms with Crippen LogP contribution in [0, 0.1) is 0 Å². The van der Waals surface area contributed by atoms with Gasteiger partial charge in [0.1, 0.15) is 28.4 Å². The number of nitrogens with one attached hydrogen (secondary N) is 3. The molecule has 3 fully saturated rings. The molecule has 4 aliphatic heterocycles. The zero-order valence-electron chi connectivity index (χ0n) is 23.3. The number of imide groups is 1. The number of aliphatic imine (C=N–C) groups is 1. The van der Waals surface area contributed by atoms with E-state index in [0.717, 1.165) is 15.6 Å². The van der Waals surface area contributed by atoms with E-state index in [0.29, 0.717) is 40.8 Å². The Morgan fingerprint density at radius 3 is 2.67 bits per heavy atom. The van der Waals surface area contributed by atoms with E-state index >= 15 is 0 Å². The molecule has 3 saturated heterocycles. The van der Waals surface area contributed by atoms with Crippen molar-refractivity contribution in [1.82, 2.24) is 25.8 Å². The lowest BCUT2D eigenvalue weighted by atomic mass is 9.97. The summed E-state index contributed by atoms with van der Waals surface area (Å²) in [6.45, 7) is 3.62. The van der Waals surface area contributed by atoms with E-state index in [4.69, 9.17) is 9.73 Å². The molecule has 0 aromatic heterocycles. The summed E-state index contributed by atoms with van der Waals surface area (Å²) in [6.07, 6.45) is 3.79. The maximum Gasteiger partial charge on any atom is 0.352 e. The second-order valence-corrected chi connectivity index (χ2v) is 14.2. The van der Waals surface area contributed by atoms with Crippen LogP contribution in [0.3, 0.4) is 0 Å². The lowest BCUT2D eigenvalue weighted by molar-refractivity contribution is -0.151. The van der Waals surface area contributed by atoms with Gasteiger partial charge >= 0.3 is 24.0 Å². The Kier molecular flexibility index (Phi) is 9.41. The number of aliphatic carboxylic acids is 1. The summed E-state index contributed by atoms with van der Waals surface area (Å²) in [4.78, 5) is 81.6. The highest BCUT2D eigenvalue weighted by Crippen LogP contribution is 2.41. The van der Waals surface area contributed by atoms with E-state index in [1.165, 1.54) is 18.7 Å². The third-order valence-electron chi connectivity index (χ3n) is 7.02.